The molecule has 0 heterocycles. The largest absolute Gasteiger partial charge is 0.456 e. The first-order valence-electron chi connectivity index (χ1n) is 4.53. The molecule has 1 N–H and O–H groups in total. The van der Waals surface area contributed by atoms with Crippen molar-refractivity contribution in [2.75, 3.05) is 0 Å². The van der Waals surface area contributed by atoms with E-state index in [0.29, 0.717) is 5.92 Å². The van der Waals surface area contributed by atoms with E-state index in [1.807, 2.05) is 0 Å². The molecular formula is C9H14O3. The Labute approximate surface area is 71.7 Å². The first-order valence-corrected chi connectivity index (χ1v) is 4.53. The van der Waals surface area contributed by atoms with Crippen molar-refractivity contribution in [1.82, 2.24) is 0 Å². The molecule has 0 spiro atoms. The van der Waals surface area contributed by atoms with Crippen LogP contribution in [0.2, 0.25) is 0 Å². The lowest BCUT2D eigenvalue weighted by atomic mass is 9.70. The van der Waals surface area contributed by atoms with Gasteiger partial charge in [0.1, 0.15) is 5.60 Å². The van der Waals surface area contributed by atoms with Crippen LogP contribution in [0.25, 0.3) is 0 Å². The fourth-order valence-corrected chi connectivity index (χ4v) is 2.53. The maximum atomic E-state index is 10.8. The molecular weight excluding hydrogens is 156 g/mol. The summed E-state index contributed by atoms with van der Waals surface area (Å²) in [7, 11) is 0. The SMILES string of the molecule is CC(=O)O[C@@]12CCC1CC[C@@H]2O. The molecule has 0 aromatic carbocycles. The highest BCUT2D eigenvalue weighted by molar-refractivity contribution is 5.67. The Morgan fingerprint density at radius 2 is 2.25 bits per heavy atom. The summed E-state index contributed by atoms with van der Waals surface area (Å²) in [6, 6.07) is 0. The van der Waals surface area contributed by atoms with Gasteiger partial charge in [-0.2, -0.15) is 0 Å². The second kappa shape index (κ2) is 2.46. The van der Waals surface area contributed by atoms with Gasteiger partial charge in [-0.15, -0.1) is 0 Å². The van der Waals surface area contributed by atoms with E-state index in [1.165, 1.54) is 6.92 Å². The molecule has 2 fully saturated rings. The minimum Gasteiger partial charge on any atom is -0.456 e. The van der Waals surface area contributed by atoms with Crippen molar-refractivity contribution in [3.63, 3.8) is 0 Å². The van der Waals surface area contributed by atoms with Crippen molar-refractivity contribution in [2.45, 2.75) is 44.3 Å². The van der Waals surface area contributed by atoms with Gasteiger partial charge in [0, 0.05) is 12.8 Å². The van der Waals surface area contributed by atoms with Gasteiger partial charge >= 0.3 is 5.97 Å². The Hall–Kier alpha value is -0.570. The maximum absolute atomic E-state index is 10.8. The number of hydrogen-bond acceptors (Lipinski definition) is 3. The lowest BCUT2D eigenvalue weighted by Gasteiger charge is -2.45. The second-order valence-corrected chi connectivity index (χ2v) is 3.88. The van der Waals surface area contributed by atoms with Crippen molar-refractivity contribution < 1.29 is 14.6 Å². The molecule has 0 radical (unpaired) electrons. The summed E-state index contributed by atoms with van der Waals surface area (Å²) in [5, 5.41) is 9.64. The standard InChI is InChI=1S/C9H14O3/c1-6(10)12-9-5-4-7(9)2-3-8(9)11/h7-8,11H,2-5H2,1H3/t7?,8-,9-/m0/s1. The second-order valence-electron chi connectivity index (χ2n) is 3.88. The third kappa shape index (κ3) is 0.891. The number of carbonyl (C=O) groups is 1. The summed E-state index contributed by atoms with van der Waals surface area (Å²) < 4.78 is 5.22. The molecule has 12 heavy (non-hydrogen) atoms. The Bertz CT molecular complexity index is 206. The predicted molar refractivity (Wildman–Crippen MR) is 42.5 cm³/mol. The summed E-state index contributed by atoms with van der Waals surface area (Å²) in [6.45, 7) is 1.41. The molecule has 0 aliphatic heterocycles. The van der Waals surface area contributed by atoms with Crippen LogP contribution in [-0.2, 0) is 9.53 Å². The van der Waals surface area contributed by atoms with E-state index < -0.39 is 11.7 Å². The normalized spacial score (nSPS) is 44.8. The summed E-state index contributed by atoms with van der Waals surface area (Å²) in [4.78, 5) is 10.8. The van der Waals surface area contributed by atoms with E-state index in [9.17, 15) is 9.90 Å². The zero-order valence-corrected chi connectivity index (χ0v) is 7.25. The first kappa shape index (κ1) is 8.05. The summed E-state index contributed by atoms with van der Waals surface area (Å²) in [6.07, 6.45) is 3.33. The summed E-state index contributed by atoms with van der Waals surface area (Å²) in [5.41, 5.74) is -0.480. The van der Waals surface area contributed by atoms with Crippen LogP contribution in [0.3, 0.4) is 0 Å². The average Bonchev–Trinajstić information content (AvgIpc) is 2.13. The van der Waals surface area contributed by atoms with Gasteiger partial charge in [-0.1, -0.05) is 0 Å². The summed E-state index contributed by atoms with van der Waals surface area (Å²) >= 11 is 0. The molecule has 3 heteroatoms. The first-order chi connectivity index (χ1) is 5.65. The van der Waals surface area contributed by atoms with E-state index in [2.05, 4.69) is 0 Å². The quantitative estimate of drug-likeness (QED) is 0.593. The number of rotatable bonds is 1. The van der Waals surface area contributed by atoms with Crippen molar-refractivity contribution in [3.05, 3.63) is 0 Å². The van der Waals surface area contributed by atoms with E-state index >= 15 is 0 Å². The highest BCUT2D eigenvalue weighted by atomic mass is 16.6. The summed E-state index contributed by atoms with van der Waals surface area (Å²) in [5.74, 6) is 0.164. The number of hydrogen-bond donors (Lipinski definition) is 1. The minimum atomic E-state index is -0.480. The lowest BCUT2D eigenvalue weighted by Crippen LogP contribution is -2.53. The molecule has 0 bridgehead atoms. The van der Waals surface area contributed by atoms with Crippen LogP contribution in [0.5, 0.6) is 0 Å². The van der Waals surface area contributed by atoms with Gasteiger partial charge in [0.15, 0.2) is 0 Å². The van der Waals surface area contributed by atoms with Gasteiger partial charge in [0.25, 0.3) is 0 Å². The number of ether oxygens (including phenoxy) is 1. The van der Waals surface area contributed by atoms with Gasteiger partial charge in [-0.25, -0.2) is 0 Å². The van der Waals surface area contributed by atoms with Crippen LogP contribution in [0.4, 0.5) is 0 Å². The van der Waals surface area contributed by atoms with E-state index in [4.69, 9.17) is 4.74 Å². The highest BCUT2D eigenvalue weighted by Gasteiger charge is 2.58. The molecule has 2 aliphatic carbocycles. The fourth-order valence-electron chi connectivity index (χ4n) is 2.53. The van der Waals surface area contributed by atoms with E-state index in [-0.39, 0.29) is 5.97 Å². The smallest absolute Gasteiger partial charge is 0.303 e. The molecule has 2 saturated carbocycles. The molecule has 3 nitrogen and oxygen atoms in total. The van der Waals surface area contributed by atoms with Crippen molar-refractivity contribution >= 4 is 5.97 Å². The topological polar surface area (TPSA) is 46.5 Å². The van der Waals surface area contributed by atoms with Crippen LogP contribution in [0.15, 0.2) is 0 Å². The van der Waals surface area contributed by atoms with Gasteiger partial charge in [-0.05, 0) is 25.7 Å². The molecule has 2 aliphatic rings. The van der Waals surface area contributed by atoms with Crippen LogP contribution < -0.4 is 0 Å². The lowest BCUT2D eigenvalue weighted by molar-refractivity contribution is -0.193. The third-order valence-corrected chi connectivity index (χ3v) is 3.26. The van der Waals surface area contributed by atoms with Crippen LogP contribution >= 0.6 is 0 Å². The molecule has 68 valence electrons. The number of esters is 1. The molecule has 0 aromatic heterocycles. The zero-order valence-electron chi connectivity index (χ0n) is 7.25. The van der Waals surface area contributed by atoms with Crippen molar-refractivity contribution in [3.8, 4) is 0 Å². The Morgan fingerprint density at radius 1 is 1.50 bits per heavy atom. The fraction of sp³-hybridized carbons (Fsp3) is 0.889. The van der Waals surface area contributed by atoms with Crippen molar-refractivity contribution in [1.29, 1.82) is 0 Å². The third-order valence-electron chi connectivity index (χ3n) is 3.26. The molecule has 3 atom stereocenters. The number of aliphatic hydroxyl groups is 1. The maximum Gasteiger partial charge on any atom is 0.303 e. The highest BCUT2D eigenvalue weighted by Crippen LogP contribution is 2.52. The van der Waals surface area contributed by atoms with E-state index in [0.717, 1.165) is 25.7 Å². The molecule has 0 amide bonds. The van der Waals surface area contributed by atoms with Crippen LogP contribution in [0, 0.1) is 5.92 Å². The average molecular weight is 170 g/mol. The van der Waals surface area contributed by atoms with Crippen molar-refractivity contribution in [2.24, 2.45) is 5.92 Å². The van der Waals surface area contributed by atoms with Crippen LogP contribution in [-0.4, -0.2) is 22.8 Å². The van der Waals surface area contributed by atoms with Gasteiger partial charge in [0.05, 0.1) is 6.10 Å². The number of fused-ring (bicyclic) bond motifs is 1. The Morgan fingerprint density at radius 3 is 2.67 bits per heavy atom. The number of carbonyl (C=O) groups excluding carboxylic acids is 1. The monoisotopic (exact) mass is 170 g/mol. The predicted octanol–water partition coefficient (Wildman–Crippen LogP) is 0.853. The molecule has 0 saturated heterocycles. The zero-order chi connectivity index (χ0) is 8.77. The molecule has 1 unspecified atom stereocenters. The van der Waals surface area contributed by atoms with Gasteiger partial charge < -0.3 is 9.84 Å². The van der Waals surface area contributed by atoms with Gasteiger partial charge in [-0.3, -0.25) is 4.79 Å². The minimum absolute atomic E-state index is 0.263. The van der Waals surface area contributed by atoms with E-state index in [1.54, 1.807) is 0 Å². The van der Waals surface area contributed by atoms with Gasteiger partial charge in [0.2, 0.25) is 0 Å². The molecule has 0 aromatic rings. The van der Waals surface area contributed by atoms with Crippen LogP contribution in [0.1, 0.15) is 32.6 Å². The number of aliphatic hydroxyl groups excluding tert-OH is 1. The Kier molecular flexibility index (Phi) is 1.65. The Balaban J connectivity index is 2.12. The molecule has 2 rings (SSSR count).